The van der Waals surface area contributed by atoms with Gasteiger partial charge in [0, 0.05) is 6.42 Å². The molecule has 1 aliphatic heterocycles. The van der Waals surface area contributed by atoms with Gasteiger partial charge in [0.15, 0.2) is 0 Å². The Bertz CT molecular complexity index is 566. The quantitative estimate of drug-likeness (QED) is 0.143. The lowest BCUT2D eigenvalue weighted by atomic mass is 10.1. The van der Waals surface area contributed by atoms with Gasteiger partial charge in [-0.2, -0.15) is 0 Å². The summed E-state index contributed by atoms with van der Waals surface area (Å²) in [5.41, 5.74) is 0. The van der Waals surface area contributed by atoms with Crippen LogP contribution in [0, 0.1) is 0 Å². The molecule has 0 saturated carbocycles. The van der Waals surface area contributed by atoms with Crippen LogP contribution in [0.2, 0.25) is 0 Å². The summed E-state index contributed by atoms with van der Waals surface area (Å²) in [7, 11) is 0. The van der Waals surface area contributed by atoms with E-state index in [-0.39, 0.29) is 25.2 Å². The van der Waals surface area contributed by atoms with Crippen LogP contribution in [0.15, 0.2) is 12.2 Å². The molecule has 2 unspecified atom stereocenters. The number of allylic oxidation sites excluding steroid dienone is 2. The van der Waals surface area contributed by atoms with Crippen molar-refractivity contribution in [3.05, 3.63) is 12.2 Å². The SMILES string of the molecule is CCCCCCCCC=CCCCCCCCC(=O)N1C(=O)CC([S+]([O-])CCO)C1=O. The first-order valence-corrected chi connectivity index (χ1v) is 13.4. The largest absolute Gasteiger partial charge is 0.616 e. The minimum atomic E-state index is -1.62. The van der Waals surface area contributed by atoms with Gasteiger partial charge < -0.3 is 9.66 Å². The van der Waals surface area contributed by atoms with E-state index >= 15 is 0 Å². The van der Waals surface area contributed by atoms with E-state index in [0.717, 1.165) is 32.1 Å². The molecule has 1 rings (SSSR count). The Balaban J connectivity index is 2.05. The van der Waals surface area contributed by atoms with E-state index in [9.17, 15) is 18.9 Å². The molecule has 1 N–H and O–H groups in total. The topological polar surface area (TPSA) is 97.7 Å². The van der Waals surface area contributed by atoms with Crippen LogP contribution >= 0.6 is 0 Å². The summed E-state index contributed by atoms with van der Waals surface area (Å²) in [6.07, 6.45) is 19.6. The van der Waals surface area contributed by atoms with E-state index in [1.165, 1.54) is 44.9 Å². The number of amides is 3. The minimum Gasteiger partial charge on any atom is -0.616 e. The predicted octanol–water partition coefficient (Wildman–Crippen LogP) is 4.42. The van der Waals surface area contributed by atoms with Crippen LogP contribution in [-0.2, 0) is 25.6 Å². The third-order valence-electron chi connectivity index (χ3n) is 5.62. The van der Waals surface area contributed by atoms with Crippen molar-refractivity contribution in [2.24, 2.45) is 0 Å². The third kappa shape index (κ3) is 11.3. The zero-order chi connectivity index (χ0) is 22.9. The van der Waals surface area contributed by atoms with Crippen molar-refractivity contribution in [1.82, 2.24) is 4.90 Å². The molecular formula is C24H41NO5S. The lowest BCUT2D eigenvalue weighted by molar-refractivity contribution is -0.149. The number of aliphatic hydroxyl groups excluding tert-OH is 1. The molecule has 0 aromatic rings. The number of rotatable bonds is 18. The fourth-order valence-electron chi connectivity index (χ4n) is 3.76. The van der Waals surface area contributed by atoms with Crippen molar-refractivity contribution in [3.63, 3.8) is 0 Å². The van der Waals surface area contributed by atoms with Crippen LogP contribution in [0.1, 0.15) is 103 Å². The Kier molecular flexibility index (Phi) is 15.6. The summed E-state index contributed by atoms with van der Waals surface area (Å²) in [6, 6.07) is 0. The zero-order valence-corrected chi connectivity index (χ0v) is 20.0. The number of aliphatic hydroxyl groups is 1. The van der Waals surface area contributed by atoms with Crippen LogP contribution < -0.4 is 0 Å². The number of imide groups is 3. The molecule has 0 aromatic carbocycles. The van der Waals surface area contributed by atoms with Gasteiger partial charge in [0.05, 0.1) is 13.0 Å². The van der Waals surface area contributed by atoms with Crippen molar-refractivity contribution >= 4 is 28.9 Å². The first kappa shape index (κ1) is 27.9. The Morgan fingerprint density at radius 3 is 2.13 bits per heavy atom. The molecule has 0 spiro atoms. The second-order valence-electron chi connectivity index (χ2n) is 8.30. The maximum absolute atomic E-state index is 12.3. The van der Waals surface area contributed by atoms with Gasteiger partial charge in [-0.25, -0.2) is 4.90 Å². The van der Waals surface area contributed by atoms with Gasteiger partial charge in [0.2, 0.25) is 17.1 Å². The number of carbonyl (C=O) groups is 3. The van der Waals surface area contributed by atoms with Gasteiger partial charge in [0.25, 0.3) is 5.91 Å². The van der Waals surface area contributed by atoms with Crippen LogP contribution in [0.3, 0.4) is 0 Å². The van der Waals surface area contributed by atoms with Gasteiger partial charge in [-0.1, -0.05) is 70.4 Å². The van der Waals surface area contributed by atoms with Crippen molar-refractivity contribution in [3.8, 4) is 0 Å². The molecule has 2 atom stereocenters. The number of hydrogen-bond donors (Lipinski definition) is 1. The van der Waals surface area contributed by atoms with E-state index in [1.54, 1.807) is 0 Å². The van der Waals surface area contributed by atoms with Crippen LogP contribution in [0.4, 0.5) is 0 Å². The normalized spacial score (nSPS) is 17.8. The maximum Gasteiger partial charge on any atom is 0.289 e. The van der Waals surface area contributed by atoms with Gasteiger partial charge in [-0.15, -0.1) is 0 Å². The molecule has 1 fully saturated rings. The Labute approximate surface area is 191 Å². The number of likely N-dealkylation sites (tertiary alicyclic amines) is 1. The number of hydrogen-bond acceptors (Lipinski definition) is 5. The highest BCUT2D eigenvalue weighted by Gasteiger charge is 2.48. The molecule has 1 heterocycles. The first-order valence-electron chi connectivity index (χ1n) is 12.1. The molecule has 7 heteroatoms. The Morgan fingerprint density at radius 2 is 1.55 bits per heavy atom. The molecule has 0 aliphatic carbocycles. The average molecular weight is 456 g/mol. The van der Waals surface area contributed by atoms with Crippen molar-refractivity contribution in [1.29, 1.82) is 0 Å². The Hall–Kier alpha value is -1.18. The summed E-state index contributed by atoms with van der Waals surface area (Å²) in [4.78, 5) is 37.2. The molecule has 6 nitrogen and oxygen atoms in total. The molecular weight excluding hydrogens is 414 g/mol. The van der Waals surface area contributed by atoms with Crippen LogP contribution in [0.5, 0.6) is 0 Å². The zero-order valence-electron chi connectivity index (χ0n) is 19.2. The number of nitrogens with zero attached hydrogens (tertiary/aromatic N) is 1. The van der Waals surface area contributed by atoms with Crippen molar-refractivity contribution in [2.75, 3.05) is 12.4 Å². The van der Waals surface area contributed by atoms with Gasteiger partial charge >= 0.3 is 0 Å². The van der Waals surface area contributed by atoms with Crippen LogP contribution in [0.25, 0.3) is 0 Å². The monoisotopic (exact) mass is 455 g/mol. The van der Waals surface area contributed by atoms with E-state index in [1.807, 2.05) is 0 Å². The molecule has 3 amide bonds. The molecule has 0 radical (unpaired) electrons. The van der Waals surface area contributed by atoms with Crippen molar-refractivity contribution < 1.29 is 24.0 Å². The fraction of sp³-hybridized carbons (Fsp3) is 0.792. The number of unbranched alkanes of at least 4 members (excludes halogenated alkanes) is 11. The molecule has 0 bridgehead atoms. The highest BCUT2D eigenvalue weighted by molar-refractivity contribution is 7.92. The van der Waals surface area contributed by atoms with Gasteiger partial charge in [-0.05, 0) is 43.3 Å². The lowest BCUT2D eigenvalue weighted by Crippen LogP contribution is -2.40. The molecule has 178 valence electrons. The van der Waals surface area contributed by atoms with Crippen LogP contribution in [-0.4, -0.2) is 49.9 Å². The van der Waals surface area contributed by atoms with Gasteiger partial charge in [-0.3, -0.25) is 14.4 Å². The standard InChI is InChI=1S/C24H41NO5S/c1-2-3-4-5-6-7-8-9-10-11-12-13-14-15-16-17-22(27)25-23(28)20-21(24(25)29)31(30)19-18-26/h9-10,21,26H,2-8,11-20H2,1H3. The summed E-state index contributed by atoms with van der Waals surface area (Å²) < 4.78 is 11.9. The smallest absolute Gasteiger partial charge is 0.289 e. The first-order chi connectivity index (χ1) is 15.0. The second kappa shape index (κ2) is 17.4. The van der Waals surface area contributed by atoms with E-state index < -0.39 is 34.1 Å². The van der Waals surface area contributed by atoms with E-state index in [2.05, 4.69) is 19.1 Å². The van der Waals surface area contributed by atoms with Gasteiger partial charge in [0.1, 0.15) is 5.75 Å². The minimum absolute atomic E-state index is 0.0556. The molecule has 0 aromatic heterocycles. The highest BCUT2D eigenvalue weighted by Crippen LogP contribution is 2.22. The summed E-state index contributed by atoms with van der Waals surface area (Å²) in [5.74, 6) is -1.79. The third-order valence-corrected chi connectivity index (χ3v) is 7.20. The lowest BCUT2D eigenvalue weighted by Gasteiger charge is -2.15. The summed E-state index contributed by atoms with van der Waals surface area (Å²) in [6.45, 7) is 1.93. The van der Waals surface area contributed by atoms with E-state index in [0.29, 0.717) is 11.3 Å². The molecule has 31 heavy (non-hydrogen) atoms. The predicted molar refractivity (Wildman–Crippen MR) is 125 cm³/mol. The molecule has 1 saturated heterocycles. The van der Waals surface area contributed by atoms with E-state index in [4.69, 9.17) is 5.11 Å². The summed E-state index contributed by atoms with van der Waals surface area (Å²) >= 11 is -1.62. The van der Waals surface area contributed by atoms with Crippen molar-refractivity contribution in [2.45, 2.75) is 108 Å². The molecule has 1 aliphatic rings. The summed E-state index contributed by atoms with van der Waals surface area (Å²) in [5, 5.41) is 7.86. The fourth-order valence-corrected chi connectivity index (χ4v) is 4.89. The second-order valence-corrected chi connectivity index (χ2v) is 10.0. The highest BCUT2D eigenvalue weighted by atomic mass is 32.2. The number of carbonyl (C=O) groups excluding carboxylic acids is 3. The average Bonchev–Trinajstić information content (AvgIpc) is 3.05. The maximum atomic E-state index is 12.3. The Morgan fingerprint density at radius 1 is 1.00 bits per heavy atom.